The number of pyridine rings is 1. The van der Waals surface area contributed by atoms with Crippen LogP contribution in [0.4, 0.5) is 11.5 Å². The smallest absolute Gasteiger partial charge is 0.269 e. The summed E-state index contributed by atoms with van der Waals surface area (Å²) < 4.78 is 0. The third-order valence-electron chi connectivity index (χ3n) is 3.43. The Labute approximate surface area is 110 Å². The molecule has 1 atom stereocenters. The second-order valence-corrected chi connectivity index (χ2v) is 4.55. The third kappa shape index (κ3) is 1.91. The molecule has 2 amide bonds. The van der Waals surface area contributed by atoms with Crippen LogP contribution in [0.25, 0.3) is 0 Å². The van der Waals surface area contributed by atoms with Gasteiger partial charge in [-0.25, -0.2) is 4.98 Å². The highest BCUT2D eigenvalue weighted by molar-refractivity contribution is 6.03. The molecule has 0 aromatic carbocycles. The van der Waals surface area contributed by atoms with Crippen LogP contribution in [0.5, 0.6) is 0 Å². The number of hydrogen-bond acceptors (Lipinski definition) is 5. The first-order chi connectivity index (χ1) is 9.20. The summed E-state index contributed by atoms with van der Waals surface area (Å²) >= 11 is 0. The monoisotopic (exact) mass is 261 g/mol. The number of aromatic nitrogens is 1. The Kier molecular flexibility index (Phi) is 2.83. The lowest BCUT2D eigenvalue weighted by molar-refractivity contribution is -0.117. The van der Waals surface area contributed by atoms with Crippen molar-refractivity contribution in [3.05, 3.63) is 17.8 Å². The second kappa shape index (κ2) is 4.51. The van der Waals surface area contributed by atoms with Crippen molar-refractivity contribution in [2.45, 2.75) is 6.04 Å². The van der Waals surface area contributed by atoms with Gasteiger partial charge in [0.2, 0.25) is 5.91 Å². The summed E-state index contributed by atoms with van der Waals surface area (Å²) in [7, 11) is 1.55. The zero-order valence-electron chi connectivity index (χ0n) is 10.6. The number of rotatable bonds is 1. The molecular weight excluding hydrogens is 246 g/mol. The van der Waals surface area contributed by atoms with Gasteiger partial charge < -0.3 is 20.9 Å². The van der Waals surface area contributed by atoms with Crippen molar-refractivity contribution < 1.29 is 9.59 Å². The highest BCUT2D eigenvalue weighted by Gasteiger charge is 2.35. The fourth-order valence-corrected chi connectivity index (χ4v) is 2.46. The van der Waals surface area contributed by atoms with Crippen molar-refractivity contribution in [1.82, 2.24) is 15.6 Å². The first-order valence-corrected chi connectivity index (χ1v) is 6.22. The summed E-state index contributed by atoms with van der Waals surface area (Å²) in [6.45, 7) is 2.22. The zero-order valence-corrected chi connectivity index (χ0v) is 10.6. The van der Waals surface area contributed by atoms with Crippen LogP contribution in [-0.2, 0) is 4.79 Å². The summed E-state index contributed by atoms with van der Waals surface area (Å²) in [6, 6.07) is 3.31. The molecule has 0 saturated carbocycles. The maximum absolute atomic E-state index is 12.0. The number of hydrogen-bond donors (Lipinski definition) is 3. The fourth-order valence-electron chi connectivity index (χ4n) is 2.46. The predicted molar refractivity (Wildman–Crippen MR) is 70.3 cm³/mol. The van der Waals surface area contributed by atoms with Crippen molar-refractivity contribution in [3.63, 3.8) is 0 Å². The van der Waals surface area contributed by atoms with E-state index in [1.807, 2.05) is 11.0 Å². The van der Waals surface area contributed by atoms with Crippen LogP contribution >= 0.6 is 0 Å². The molecule has 7 nitrogen and oxygen atoms in total. The molecule has 2 aliphatic heterocycles. The molecule has 3 heterocycles. The molecule has 0 radical (unpaired) electrons. The molecule has 0 bridgehead atoms. The molecule has 1 aromatic rings. The molecule has 2 aliphatic rings. The van der Waals surface area contributed by atoms with E-state index in [4.69, 9.17) is 0 Å². The molecule has 19 heavy (non-hydrogen) atoms. The van der Waals surface area contributed by atoms with E-state index >= 15 is 0 Å². The predicted octanol–water partition coefficient (Wildman–Crippen LogP) is -0.828. The molecule has 0 spiro atoms. The van der Waals surface area contributed by atoms with Crippen molar-refractivity contribution >= 4 is 23.3 Å². The van der Waals surface area contributed by atoms with Gasteiger partial charge in [-0.15, -0.1) is 0 Å². The molecule has 1 unspecified atom stereocenters. The Bertz CT molecular complexity index is 545. The van der Waals surface area contributed by atoms with Crippen LogP contribution in [0, 0.1) is 0 Å². The fraction of sp³-hybridized carbons (Fsp3) is 0.417. The highest BCUT2D eigenvalue weighted by Crippen LogP contribution is 2.31. The van der Waals surface area contributed by atoms with E-state index in [0.29, 0.717) is 18.1 Å². The normalized spacial score (nSPS) is 21.2. The number of nitrogens with zero attached hydrogens (tertiary/aromatic N) is 2. The summed E-state index contributed by atoms with van der Waals surface area (Å²) in [5, 5.41) is 8.48. The minimum absolute atomic E-state index is 0.0822. The lowest BCUT2D eigenvalue weighted by Crippen LogP contribution is -2.59. The molecule has 1 aromatic heterocycles. The van der Waals surface area contributed by atoms with Gasteiger partial charge in [-0.2, -0.15) is 0 Å². The SMILES string of the molecule is CNC(=O)c1ccc2c(n1)NC(=O)C1CNCCN21. The van der Waals surface area contributed by atoms with Crippen LogP contribution in [-0.4, -0.2) is 49.5 Å². The Balaban J connectivity index is 2.00. The van der Waals surface area contributed by atoms with Crippen molar-refractivity contribution in [2.24, 2.45) is 0 Å². The number of anilines is 2. The van der Waals surface area contributed by atoms with E-state index in [9.17, 15) is 9.59 Å². The van der Waals surface area contributed by atoms with Crippen LogP contribution < -0.4 is 20.9 Å². The van der Waals surface area contributed by atoms with Gasteiger partial charge in [0.25, 0.3) is 5.91 Å². The summed E-state index contributed by atoms with van der Waals surface area (Å²) in [5.41, 5.74) is 1.17. The Morgan fingerprint density at radius 3 is 3.16 bits per heavy atom. The maximum Gasteiger partial charge on any atom is 0.269 e. The topological polar surface area (TPSA) is 86.4 Å². The molecule has 0 aliphatic carbocycles. The van der Waals surface area contributed by atoms with E-state index in [1.54, 1.807) is 13.1 Å². The average molecular weight is 261 g/mol. The molecular formula is C12H15N5O2. The number of nitrogens with one attached hydrogen (secondary N) is 3. The minimum atomic E-state index is -0.264. The zero-order chi connectivity index (χ0) is 13.4. The number of piperazine rings is 1. The number of amides is 2. The Morgan fingerprint density at radius 1 is 1.53 bits per heavy atom. The second-order valence-electron chi connectivity index (χ2n) is 4.55. The van der Waals surface area contributed by atoms with E-state index in [2.05, 4.69) is 20.9 Å². The van der Waals surface area contributed by atoms with Crippen LogP contribution in [0.15, 0.2) is 12.1 Å². The lowest BCUT2D eigenvalue weighted by atomic mass is 10.1. The van der Waals surface area contributed by atoms with Gasteiger partial charge in [-0.3, -0.25) is 9.59 Å². The van der Waals surface area contributed by atoms with Crippen molar-refractivity contribution in [2.75, 3.05) is 36.9 Å². The van der Waals surface area contributed by atoms with Crippen LogP contribution in [0.1, 0.15) is 10.5 Å². The van der Waals surface area contributed by atoms with Crippen molar-refractivity contribution in [1.29, 1.82) is 0 Å². The van der Waals surface area contributed by atoms with Crippen molar-refractivity contribution in [3.8, 4) is 0 Å². The Hall–Kier alpha value is -2.15. The highest BCUT2D eigenvalue weighted by atomic mass is 16.2. The van der Waals surface area contributed by atoms with Gasteiger partial charge in [-0.1, -0.05) is 0 Å². The van der Waals surface area contributed by atoms with E-state index in [0.717, 1.165) is 18.8 Å². The number of fused-ring (bicyclic) bond motifs is 3. The largest absolute Gasteiger partial charge is 0.354 e. The maximum atomic E-state index is 12.0. The minimum Gasteiger partial charge on any atom is -0.354 e. The number of carbonyl (C=O) groups excluding carboxylic acids is 2. The van der Waals surface area contributed by atoms with E-state index in [1.165, 1.54) is 0 Å². The lowest BCUT2D eigenvalue weighted by Gasteiger charge is -2.40. The van der Waals surface area contributed by atoms with Crippen LogP contribution in [0.2, 0.25) is 0 Å². The van der Waals surface area contributed by atoms with Gasteiger partial charge in [0.05, 0.1) is 5.69 Å². The van der Waals surface area contributed by atoms with Gasteiger partial charge in [0.1, 0.15) is 11.7 Å². The number of carbonyl (C=O) groups is 2. The molecule has 1 fully saturated rings. The first-order valence-electron chi connectivity index (χ1n) is 6.22. The average Bonchev–Trinajstić information content (AvgIpc) is 2.46. The summed E-state index contributed by atoms with van der Waals surface area (Å²) in [4.78, 5) is 29.8. The Morgan fingerprint density at radius 2 is 2.37 bits per heavy atom. The standard InChI is InChI=1S/C12H15N5O2/c1-13-11(18)7-2-3-8-10(15-7)16-12(19)9-6-14-4-5-17(8)9/h2-3,9,14H,4-6H2,1H3,(H,13,18)(H,15,16,19). The van der Waals surface area contributed by atoms with Gasteiger partial charge >= 0.3 is 0 Å². The summed E-state index contributed by atoms with van der Waals surface area (Å²) in [5.74, 6) is 0.116. The quantitative estimate of drug-likeness (QED) is 0.614. The molecule has 7 heteroatoms. The van der Waals surface area contributed by atoms with Gasteiger partial charge in [-0.05, 0) is 12.1 Å². The molecule has 100 valence electrons. The van der Waals surface area contributed by atoms with E-state index < -0.39 is 0 Å². The van der Waals surface area contributed by atoms with E-state index in [-0.39, 0.29) is 17.9 Å². The third-order valence-corrected chi connectivity index (χ3v) is 3.43. The first kappa shape index (κ1) is 11.9. The molecule has 3 rings (SSSR count). The van der Waals surface area contributed by atoms with Gasteiger partial charge in [0, 0.05) is 26.7 Å². The van der Waals surface area contributed by atoms with Gasteiger partial charge in [0.15, 0.2) is 5.82 Å². The summed E-state index contributed by atoms with van der Waals surface area (Å²) in [6.07, 6.45) is 0. The molecule has 1 saturated heterocycles. The van der Waals surface area contributed by atoms with Crippen LogP contribution in [0.3, 0.4) is 0 Å². The molecule has 3 N–H and O–H groups in total.